The molecule has 0 radical (unpaired) electrons. The average molecular weight is 246 g/mol. The maximum Gasteiger partial charge on any atom is 0.404 e. The largest absolute Gasteiger partial charge is 0.450 e. The highest BCUT2D eigenvalue weighted by atomic mass is 16.5. The van der Waals surface area contributed by atoms with Crippen molar-refractivity contribution < 1.29 is 19.1 Å². The summed E-state index contributed by atoms with van der Waals surface area (Å²) in [4.78, 5) is 25.6. The first-order chi connectivity index (χ1) is 8.04. The van der Waals surface area contributed by atoms with Gasteiger partial charge in [-0.15, -0.1) is 0 Å². The molecule has 0 aromatic carbocycles. The summed E-state index contributed by atoms with van der Waals surface area (Å²) in [6, 6.07) is 0. The molecular formula is C9H18N4O4. The number of carbonyl (C=O) groups excluding carboxylic acids is 2. The van der Waals surface area contributed by atoms with Crippen LogP contribution in [0.1, 0.15) is 13.8 Å². The molecule has 8 heteroatoms. The van der Waals surface area contributed by atoms with Crippen LogP contribution in [0, 0.1) is 0 Å². The SMILES string of the molecule is CCOC(N)=O.CCOC(N)=O.c1c[nH]cn1. The van der Waals surface area contributed by atoms with E-state index in [0.717, 1.165) is 0 Å². The lowest BCUT2D eigenvalue weighted by Gasteiger charge is -1.89. The number of nitrogens with zero attached hydrogens (tertiary/aromatic N) is 1. The van der Waals surface area contributed by atoms with Crippen LogP contribution in [0.3, 0.4) is 0 Å². The quantitative estimate of drug-likeness (QED) is 0.703. The van der Waals surface area contributed by atoms with Gasteiger partial charge in [0, 0.05) is 12.4 Å². The zero-order chi connectivity index (χ0) is 13.5. The van der Waals surface area contributed by atoms with E-state index < -0.39 is 12.2 Å². The second-order valence-electron chi connectivity index (χ2n) is 2.26. The summed E-state index contributed by atoms with van der Waals surface area (Å²) in [5.41, 5.74) is 9.08. The first-order valence-electron chi connectivity index (χ1n) is 4.81. The van der Waals surface area contributed by atoms with Gasteiger partial charge in [0.1, 0.15) is 0 Å². The summed E-state index contributed by atoms with van der Waals surface area (Å²) in [7, 11) is 0. The molecule has 98 valence electrons. The van der Waals surface area contributed by atoms with Crippen LogP contribution < -0.4 is 11.5 Å². The Bertz CT molecular complexity index is 243. The third kappa shape index (κ3) is 24.8. The Labute approximate surface area is 99.3 Å². The summed E-state index contributed by atoms with van der Waals surface area (Å²) in [6.07, 6.45) is 3.66. The van der Waals surface area contributed by atoms with Crippen LogP contribution in [0.4, 0.5) is 9.59 Å². The minimum atomic E-state index is -0.711. The van der Waals surface area contributed by atoms with Crippen LogP contribution in [0.15, 0.2) is 18.7 Å². The molecule has 0 aliphatic carbocycles. The van der Waals surface area contributed by atoms with Crippen molar-refractivity contribution in [1.29, 1.82) is 0 Å². The molecule has 0 spiro atoms. The number of aromatic amines is 1. The number of aromatic nitrogens is 2. The van der Waals surface area contributed by atoms with Crippen molar-refractivity contribution in [2.24, 2.45) is 11.5 Å². The summed E-state index contributed by atoms with van der Waals surface area (Å²) in [6.45, 7) is 4.11. The smallest absolute Gasteiger partial charge is 0.404 e. The van der Waals surface area contributed by atoms with E-state index in [4.69, 9.17) is 0 Å². The fourth-order valence-electron chi connectivity index (χ4n) is 0.500. The van der Waals surface area contributed by atoms with Crippen molar-refractivity contribution >= 4 is 12.2 Å². The second kappa shape index (κ2) is 13.8. The minimum absolute atomic E-state index is 0.356. The molecule has 1 rings (SSSR count). The highest BCUT2D eigenvalue weighted by Crippen LogP contribution is 1.66. The number of carbonyl (C=O) groups is 2. The standard InChI is InChI=1S/C3H4N2.2C3H7NO2/c1-2-5-3-4-1;2*1-2-6-3(4)5/h1-3H,(H,4,5);2*2H2,1H3,(H2,4,5). The Morgan fingerprint density at radius 1 is 1.18 bits per heavy atom. The molecule has 2 amide bonds. The maximum absolute atomic E-state index is 9.60. The molecular weight excluding hydrogens is 228 g/mol. The van der Waals surface area contributed by atoms with E-state index in [-0.39, 0.29) is 0 Å². The molecule has 8 nitrogen and oxygen atoms in total. The summed E-state index contributed by atoms with van der Waals surface area (Å²) in [5.74, 6) is 0. The number of hydrogen-bond donors (Lipinski definition) is 3. The number of nitrogens with two attached hydrogens (primary N) is 2. The van der Waals surface area contributed by atoms with Gasteiger partial charge in [0.15, 0.2) is 0 Å². The van der Waals surface area contributed by atoms with Crippen molar-refractivity contribution in [3.8, 4) is 0 Å². The second-order valence-corrected chi connectivity index (χ2v) is 2.26. The van der Waals surface area contributed by atoms with Gasteiger partial charge in [-0.3, -0.25) is 0 Å². The molecule has 5 N–H and O–H groups in total. The van der Waals surface area contributed by atoms with Crippen LogP contribution in [0.25, 0.3) is 0 Å². The van der Waals surface area contributed by atoms with E-state index >= 15 is 0 Å². The number of rotatable bonds is 2. The van der Waals surface area contributed by atoms with Crippen molar-refractivity contribution in [3.63, 3.8) is 0 Å². The molecule has 0 unspecified atom stereocenters. The van der Waals surface area contributed by atoms with E-state index in [9.17, 15) is 9.59 Å². The highest BCUT2D eigenvalue weighted by molar-refractivity contribution is 5.64. The van der Waals surface area contributed by atoms with E-state index in [1.165, 1.54) is 0 Å². The van der Waals surface area contributed by atoms with E-state index in [1.54, 1.807) is 32.6 Å². The summed E-state index contributed by atoms with van der Waals surface area (Å²) >= 11 is 0. The third-order valence-electron chi connectivity index (χ3n) is 0.979. The number of ether oxygens (including phenoxy) is 2. The molecule has 17 heavy (non-hydrogen) atoms. The van der Waals surface area contributed by atoms with Gasteiger partial charge in [-0.05, 0) is 13.8 Å². The van der Waals surface area contributed by atoms with Crippen molar-refractivity contribution in [2.75, 3.05) is 13.2 Å². The topological polar surface area (TPSA) is 133 Å². The number of amides is 2. The number of primary amides is 2. The lowest BCUT2D eigenvalue weighted by molar-refractivity contribution is 0.162. The lowest BCUT2D eigenvalue weighted by Crippen LogP contribution is -2.11. The van der Waals surface area contributed by atoms with Crippen LogP contribution in [-0.4, -0.2) is 35.4 Å². The number of imidazole rings is 1. The first-order valence-corrected chi connectivity index (χ1v) is 4.81. The molecule has 0 atom stereocenters. The normalized spacial score (nSPS) is 7.65. The van der Waals surface area contributed by atoms with Crippen molar-refractivity contribution in [2.45, 2.75) is 13.8 Å². The summed E-state index contributed by atoms with van der Waals surface area (Å²) in [5, 5.41) is 0. The number of hydrogen-bond acceptors (Lipinski definition) is 5. The third-order valence-corrected chi connectivity index (χ3v) is 0.979. The molecule has 1 heterocycles. The van der Waals surface area contributed by atoms with Crippen LogP contribution >= 0.6 is 0 Å². The molecule has 0 aliphatic rings. The zero-order valence-corrected chi connectivity index (χ0v) is 9.88. The predicted octanol–water partition coefficient (Wildman–Crippen LogP) is 0.613. The average Bonchev–Trinajstić information content (AvgIpc) is 2.75. The van der Waals surface area contributed by atoms with Gasteiger partial charge in [-0.25, -0.2) is 14.6 Å². The number of nitrogens with one attached hydrogen (secondary N) is 1. The Hall–Kier alpha value is -2.25. The van der Waals surface area contributed by atoms with Gasteiger partial charge in [-0.1, -0.05) is 0 Å². The lowest BCUT2D eigenvalue weighted by atomic mass is 10.9. The van der Waals surface area contributed by atoms with Crippen LogP contribution in [-0.2, 0) is 9.47 Å². The van der Waals surface area contributed by atoms with Gasteiger partial charge in [0.25, 0.3) is 0 Å². The van der Waals surface area contributed by atoms with E-state index in [1.807, 2.05) is 0 Å². The molecule has 0 saturated heterocycles. The number of H-pyrrole nitrogens is 1. The molecule has 0 bridgehead atoms. The minimum Gasteiger partial charge on any atom is -0.450 e. The zero-order valence-electron chi connectivity index (χ0n) is 9.88. The van der Waals surface area contributed by atoms with Crippen molar-refractivity contribution in [3.05, 3.63) is 18.7 Å². The van der Waals surface area contributed by atoms with E-state index in [0.29, 0.717) is 13.2 Å². The molecule has 1 aromatic rings. The van der Waals surface area contributed by atoms with Crippen LogP contribution in [0.5, 0.6) is 0 Å². The Balaban J connectivity index is 0. The van der Waals surface area contributed by atoms with Crippen molar-refractivity contribution in [1.82, 2.24) is 9.97 Å². The first kappa shape index (κ1) is 17.2. The Kier molecular flexibility index (Phi) is 13.9. The van der Waals surface area contributed by atoms with Gasteiger partial charge in [0.2, 0.25) is 0 Å². The van der Waals surface area contributed by atoms with Crippen LogP contribution in [0.2, 0.25) is 0 Å². The maximum atomic E-state index is 9.60. The monoisotopic (exact) mass is 246 g/mol. The van der Waals surface area contributed by atoms with Gasteiger partial charge >= 0.3 is 12.2 Å². The molecule has 0 saturated carbocycles. The fourth-order valence-corrected chi connectivity index (χ4v) is 0.500. The van der Waals surface area contributed by atoms with E-state index in [2.05, 4.69) is 30.9 Å². The predicted molar refractivity (Wildman–Crippen MR) is 61.0 cm³/mol. The molecule has 1 aromatic heterocycles. The summed E-state index contributed by atoms with van der Waals surface area (Å²) < 4.78 is 8.36. The fraction of sp³-hybridized carbons (Fsp3) is 0.444. The Morgan fingerprint density at radius 3 is 1.71 bits per heavy atom. The van der Waals surface area contributed by atoms with Gasteiger partial charge in [-0.2, -0.15) is 0 Å². The highest BCUT2D eigenvalue weighted by Gasteiger charge is 1.82. The van der Waals surface area contributed by atoms with Gasteiger partial charge < -0.3 is 25.9 Å². The molecule has 0 aliphatic heterocycles. The van der Waals surface area contributed by atoms with Gasteiger partial charge in [0.05, 0.1) is 19.5 Å². The Morgan fingerprint density at radius 2 is 1.65 bits per heavy atom. The molecule has 0 fully saturated rings.